The van der Waals surface area contributed by atoms with Gasteiger partial charge < -0.3 is 5.53 Å². The summed E-state index contributed by atoms with van der Waals surface area (Å²) in [6.07, 6.45) is 2.79. The summed E-state index contributed by atoms with van der Waals surface area (Å²) in [5, 5.41) is 0. The van der Waals surface area contributed by atoms with Crippen molar-refractivity contribution in [1.82, 2.24) is 0 Å². The Kier molecular flexibility index (Phi) is 12.6. The van der Waals surface area contributed by atoms with Gasteiger partial charge in [0.05, 0.1) is 17.3 Å². The van der Waals surface area contributed by atoms with Crippen LogP contribution in [0.4, 0.5) is 0 Å². The van der Waals surface area contributed by atoms with Gasteiger partial charge in [-0.15, -0.1) is 0 Å². The van der Waals surface area contributed by atoms with Gasteiger partial charge >= 0.3 is 5.55 Å². The molecule has 0 spiro atoms. The topological polar surface area (TPSA) is 173 Å². The number of hydrogen-bond donors (Lipinski definition) is 0. The molecule has 0 atom stereocenters. The van der Waals surface area contributed by atoms with E-state index in [1.54, 1.807) is 20.8 Å². The Labute approximate surface area is 206 Å². The van der Waals surface area contributed by atoms with E-state index in [1.165, 1.54) is 0 Å². The van der Waals surface area contributed by atoms with Crippen molar-refractivity contribution in [2.24, 2.45) is 0 Å². The summed E-state index contributed by atoms with van der Waals surface area (Å²) in [6, 6.07) is 0. The van der Waals surface area contributed by atoms with Crippen LogP contribution in [0.25, 0.3) is 5.53 Å². The lowest BCUT2D eigenvalue weighted by Crippen LogP contribution is -2.69. The van der Waals surface area contributed by atoms with Crippen LogP contribution in [0.1, 0.15) is 92.4 Å². The van der Waals surface area contributed by atoms with Gasteiger partial charge in [0, 0.05) is 0 Å². The Morgan fingerprint density at radius 2 is 0.912 bits per heavy atom. The van der Waals surface area contributed by atoms with E-state index in [2.05, 4.69) is 4.79 Å². The standard InChI is InChI=1S/C20H40N2O8S4/c1-6-9-12-15-31(23,24)20(32(25,26)16-13-10-7-2,33(27,28)17-14-11-8-3)19(4,5)34(29,30)18-22-21/h18H,6-17H2,1-5H3. The molecule has 34 heavy (non-hydrogen) atoms. The average Bonchev–Trinajstić information content (AvgIpc) is 2.67. The predicted octanol–water partition coefficient (Wildman–Crippen LogP) is 2.91. The van der Waals surface area contributed by atoms with Gasteiger partial charge in [0.1, 0.15) is 4.75 Å². The first kappa shape index (κ1) is 33.2. The van der Waals surface area contributed by atoms with Gasteiger partial charge in [0.15, 0.2) is 29.5 Å². The van der Waals surface area contributed by atoms with E-state index in [9.17, 15) is 33.7 Å². The molecule has 0 aromatic carbocycles. The van der Waals surface area contributed by atoms with E-state index in [0.29, 0.717) is 38.5 Å². The second-order valence-electron chi connectivity index (χ2n) is 8.91. The summed E-state index contributed by atoms with van der Waals surface area (Å²) in [6.45, 7) is 6.91. The molecule has 202 valence electrons. The van der Waals surface area contributed by atoms with Gasteiger partial charge in [-0.05, 0) is 33.1 Å². The maximum atomic E-state index is 13.9. The van der Waals surface area contributed by atoms with E-state index in [4.69, 9.17) is 5.53 Å². The molecule has 0 saturated heterocycles. The summed E-state index contributed by atoms with van der Waals surface area (Å²) in [5.41, 5.74) is 8.91. The van der Waals surface area contributed by atoms with Crippen LogP contribution in [-0.2, 0) is 39.3 Å². The van der Waals surface area contributed by atoms with Gasteiger partial charge in [-0.1, -0.05) is 59.3 Å². The Balaban J connectivity index is 7.73. The normalized spacial score (nSPS) is 14.0. The quantitative estimate of drug-likeness (QED) is 0.0803. The molecule has 0 amide bonds. The van der Waals surface area contributed by atoms with Crippen LogP contribution in [0.15, 0.2) is 0 Å². The van der Waals surface area contributed by atoms with E-state index < -0.39 is 64.8 Å². The molecule has 0 aliphatic carbocycles. The Hall–Kier alpha value is -0.820. The van der Waals surface area contributed by atoms with Crippen LogP contribution in [0.2, 0.25) is 0 Å². The Morgan fingerprint density at radius 1 is 0.618 bits per heavy atom. The van der Waals surface area contributed by atoms with Crippen LogP contribution in [-0.4, -0.2) is 69.4 Å². The predicted molar refractivity (Wildman–Crippen MR) is 135 cm³/mol. The summed E-state index contributed by atoms with van der Waals surface area (Å²) in [4.78, 5) is 2.46. The van der Waals surface area contributed by atoms with Crippen molar-refractivity contribution >= 4 is 44.9 Å². The first-order chi connectivity index (χ1) is 15.5. The summed E-state index contributed by atoms with van der Waals surface area (Å²) in [7, 11) is -20.3. The highest BCUT2D eigenvalue weighted by Gasteiger charge is 2.75. The minimum Gasteiger partial charge on any atom is -0.361 e. The maximum Gasteiger partial charge on any atom is 0.370 e. The number of hydrogen-bond acceptors (Lipinski definition) is 8. The molecule has 0 aromatic heterocycles. The Morgan fingerprint density at radius 3 is 1.15 bits per heavy atom. The lowest BCUT2D eigenvalue weighted by atomic mass is 10.2. The first-order valence-electron chi connectivity index (χ1n) is 11.6. The number of sulfone groups is 4. The second kappa shape index (κ2) is 12.9. The molecule has 0 unspecified atom stereocenters. The van der Waals surface area contributed by atoms with E-state index in [-0.39, 0.29) is 24.8 Å². The van der Waals surface area contributed by atoms with Crippen LogP contribution in [0.3, 0.4) is 0 Å². The zero-order valence-electron chi connectivity index (χ0n) is 20.9. The molecule has 0 radical (unpaired) electrons. The third-order valence-electron chi connectivity index (χ3n) is 5.91. The van der Waals surface area contributed by atoms with E-state index in [0.717, 1.165) is 13.8 Å². The molecule has 0 N–H and O–H groups in total. The smallest absolute Gasteiger partial charge is 0.361 e. The van der Waals surface area contributed by atoms with Gasteiger partial charge in [-0.25, -0.2) is 33.7 Å². The molecule has 10 nitrogen and oxygen atoms in total. The van der Waals surface area contributed by atoms with Crippen LogP contribution in [0.5, 0.6) is 0 Å². The molecule has 0 fully saturated rings. The molecule has 0 saturated carbocycles. The van der Waals surface area contributed by atoms with Crippen LogP contribution >= 0.6 is 0 Å². The van der Waals surface area contributed by atoms with Crippen molar-refractivity contribution in [3.05, 3.63) is 5.53 Å². The molecular weight excluding hydrogens is 524 g/mol. The van der Waals surface area contributed by atoms with Crippen LogP contribution in [0, 0.1) is 0 Å². The fourth-order valence-corrected chi connectivity index (χ4v) is 18.0. The lowest BCUT2D eigenvalue weighted by molar-refractivity contribution is 0.00739. The molecular formula is C20H40N2O8S4. The van der Waals surface area contributed by atoms with Crippen molar-refractivity contribution in [3.8, 4) is 0 Å². The molecule has 0 bridgehead atoms. The number of unbranched alkanes of at least 4 members (excludes halogenated alkanes) is 6. The third kappa shape index (κ3) is 6.48. The van der Waals surface area contributed by atoms with Crippen molar-refractivity contribution in [2.75, 3.05) is 17.3 Å². The zero-order chi connectivity index (χ0) is 26.9. The van der Waals surface area contributed by atoms with E-state index >= 15 is 0 Å². The number of nitrogens with zero attached hydrogens (tertiary/aromatic N) is 2. The molecule has 0 heterocycles. The van der Waals surface area contributed by atoms with Gasteiger partial charge in [0.25, 0.3) is 13.2 Å². The summed E-state index contributed by atoms with van der Waals surface area (Å²) >= 11 is 0. The highest BCUT2D eigenvalue weighted by molar-refractivity contribution is 8.27. The molecule has 0 aliphatic rings. The third-order valence-corrected chi connectivity index (χ3v) is 19.4. The fraction of sp³-hybridized carbons (Fsp3) is 0.950. The lowest BCUT2D eigenvalue weighted by Gasteiger charge is -2.42. The second-order valence-corrected chi connectivity index (χ2v) is 18.8. The minimum absolute atomic E-state index is 0.00639. The van der Waals surface area contributed by atoms with Gasteiger partial charge in [-0.2, -0.15) is 4.79 Å². The SMILES string of the molecule is CCCCCS(=O)(=O)C(C(C)(C)S(=O)(=O)C=[N+]=[N-])(S(=O)(=O)CCCCC)S(=O)(=O)CCCCC. The number of rotatable bonds is 18. The highest BCUT2D eigenvalue weighted by atomic mass is 32.3. The van der Waals surface area contributed by atoms with Gasteiger partial charge in [0.2, 0.25) is 0 Å². The summed E-state index contributed by atoms with van der Waals surface area (Å²) in [5.74, 6) is -2.43. The van der Waals surface area contributed by atoms with E-state index in [1.807, 2.05) is 0 Å². The maximum absolute atomic E-state index is 13.9. The molecule has 14 heteroatoms. The van der Waals surface area contributed by atoms with Gasteiger partial charge in [-0.3, -0.25) is 0 Å². The largest absolute Gasteiger partial charge is 0.370 e. The zero-order valence-corrected chi connectivity index (χ0v) is 24.1. The van der Waals surface area contributed by atoms with Crippen LogP contribution < -0.4 is 0 Å². The monoisotopic (exact) mass is 564 g/mol. The molecule has 0 aliphatic heterocycles. The summed E-state index contributed by atoms with van der Waals surface area (Å²) < 4.78 is 103. The highest BCUT2D eigenvalue weighted by Crippen LogP contribution is 2.47. The minimum atomic E-state index is -5.10. The fourth-order valence-electron chi connectivity index (χ4n) is 4.10. The van der Waals surface area contributed by atoms with Crippen molar-refractivity contribution in [3.63, 3.8) is 0 Å². The van der Waals surface area contributed by atoms with Crippen molar-refractivity contribution in [1.29, 1.82) is 0 Å². The Bertz CT molecular complexity index is 1040. The average molecular weight is 565 g/mol. The van der Waals surface area contributed by atoms with Crippen molar-refractivity contribution in [2.45, 2.75) is 101 Å². The van der Waals surface area contributed by atoms with Crippen molar-refractivity contribution < 1.29 is 38.5 Å². The molecule has 0 rings (SSSR count). The molecule has 0 aromatic rings. The first-order valence-corrected chi connectivity index (χ1v) is 18.1.